The molecule has 2 unspecified atom stereocenters. The summed E-state index contributed by atoms with van der Waals surface area (Å²) in [4.78, 5) is 24.1. The van der Waals surface area contributed by atoms with E-state index in [9.17, 15) is 0 Å². The number of aromatic nitrogens is 3. The number of hydrogen-bond donors (Lipinski definition) is 0. The van der Waals surface area contributed by atoms with Crippen molar-refractivity contribution in [3.8, 4) is 0 Å². The van der Waals surface area contributed by atoms with Gasteiger partial charge >= 0.3 is 0 Å². The summed E-state index contributed by atoms with van der Waals surface area (Å²) in [5.74, 6) is 2.30. The van der Waals surface area contributed by atoms with Crippen molar-refractivity contribution in [3.63, 3.8) is 0 Å². The van der Waals surface area contributed by atoms with E-state index in [4.69, 9.17) is 15.0 Å². The Kier molecular flexibility index (Phi) is 6.90. The fourth-order valence-corrected chi connectivity index (χ4v) is 6.27. The lowest BCUT2D eigenvalue weighted by Gasteiger charge is -2.55. The molecule has 34 heavy (non-hydrogen) atoms. The minimum Gasteiger partial charge on any atom is -0.341 e. The third kappa shape index (κ3) is 4.83. The first kappa shape index (κ1) is 26.9. The summed E-state index contributed by atoms with van der Waals surface area (Å²) in [5.41, 5.74) is 0.190. The van der Waals surface area contributed by atoms with E-state index in [-0.39, 0.29) is 22.2 Å². The Morgan fingerprint density at radius 2 is 1.12 bits per heavy atom. The van der Waals surface area contributed by atoms with Gasteiger partial charge in [-0.3, -0.25) is 9.80 Å². The SMILES string of the molecule is C=CC1(C)CC(N(C)c2nc(C)nc(N(C)C3CC(C)(C)N(C)C(C)(C)C3)n2)CC(C)(C)N1C. The summed E-state index contributed by atoms with van der Waals surface area (Å²) in [6, 6.07) is 0.683. The van der Waals surface area contributed by atoms with E-state index in [0.717, 1.165) is 43.4 Å². The monoisotopic (exact) mass is 471 g/mol. The summed E-state index contributed by atoms with van der Waals surface area (Å²) in [7, 11) is 8.74. The molecule has 2 atom stereocenters. The highest BCUT2D eigenvalue weighted by molar-refractivity contribution is 5.41. The molecule has 7 heteroatoms. The Hall–Kier alpha value is -1.73. The Labute approximate surface area is 208 Å². The largest absolute Gasteiger partial charge is 0.341 e. The third-order valence-electron chi connectivity index (χ3n) is 9.23. The van der Waals surface area contributed by atoms with Crippen LogP contribution < -0.4 is 9.80 Å². The van der Waals surface area contributed by atoms with Crippen molar-refractivity contribution in [2.75, 3.05) is 38.0 Å². The van der Waals surface area contributed by atoms with Crippen LogP contribution in [0, 0.1) is 6.92 Å². The lowest BCUT2D eigenvalue weighted by Crippen LogP contribution is -2.63. The van der Waals surface area contributed by atoms with Gasteiger partial charge in [-0.15, -0.1) is 6.58 Å². The van der Waals surface area contributed by atoms with Crippen LogP contribution in [0.5, 0.6) is 0 Å². The van der Waals surface area contributed by atoms with Crippen LogP contribution >= 0.6 is 0 Å². The number of piperidine rings is 2. The molecule has 0 spiro atoms. The topological polar surface area (TPSA) is 51.6 Å². The Morgan fingerprint density at radius 1 is 0.735 bits per heavy atom. The van der Waals surface area contributed by atoms with Crippen LogP contribution in [0.15, 0.2) is 12.7 Å². The van der Waals surface area contributed by atoms with E-state index in [0.29, 0.717) is 12.1 Å². The molecule has 0 bridgehead atoms. The molecule has 2 aliphatic heterocycles. The maximum absolute atomic E-state index is 5.02. The van der Waals surface area contributed by atoms with Gasteiger partial charge in [0.15, 0.2) is 0 Å². The van der Waals surface area contributed by atoms with Crippen LogP contribution in [0.1, 0.15) is 80.0 Å². The molecule has 0 N–H and O–H groups in total. The fourth-order valence-electron chi connectivity index (χ4n) is 6.27. The quantitative estimate of drug-likeness (QED) is 0.585. The van der Waals surface area contributed by atoms with Crippen LogP contribution in [0.4, 0.5) is 11.9 Å². The molecule has 0 saturated carbocycles. The zero-order valence-electron chi connectivity index (χ0n) is 23.9. The van der Waals surface area contributed by atoms with Gasteiger partial charge in [0, 0.05) is 48.3 Å². The molecule has 1 aromatic rings. The highest BCUT2D eigenvalue weighted by Gasteiger charge is 2.46. The van der Waals surface area contributed by atoms with Gasteiger partial charge in [0.1, 0.15) is 5.82 Å². The minimum absolute atomic E-state index is 0.0487. The molecular weight excluding hydrogens is 422 g/mol. The molecular formula is C27H49N7. The first-order valence-electron chi connectivity index (χ1n) is 12.7. The average molecular weight is 472 g/mol. The molecule has 0 aliphatic carbocycles. The van der Waals surface area contributed by atoms with E-state index in [2.05, 4.69) is 109 Å². The zero-order valence-corrected chi connectivity index (χ0v) is 23.9. The third-order valence-corrected chi connectivity index (χ3v) is 9.23. The van der Waals surface area contributed by atoms with E-state index in [1.54, 1.807) is 0 Å². The number of hydrogen-bond acceptors (Lipinski definition) is 7. The standard InChI is InChI=1S/C27H49N7/c1-14-27(9)18-21(17-26(7,8)34(27)13)32(11)23-29-19(2)28-22(30-23)31(10)20-15-24(3,4)33(12)25(5,6)16-20/h14,20-21H,1,15-18H2,2-13H3. The molecule has 2 saturated heterocycles. The number of rotatable bonds is 5. The van der Waals surface area contributed by atoms with Crippen molar-refractivity contribution >= 4 is 11.9 Å². The molecule has 0 aromatic carbocycles. The highest BCUT2D eigenvalue weighted by Crippen LogP contribution is 2.41. The first-order valence-corrected chi connectivity index (χ1v) is 12.7. The summed E-state index contributed by atoms with van der Waals surface area (Å²) in [5, 5.41) is 0. The van der Waals surface area contributed by atoms with Gasteiger partial charge in [-0.05, 0) is 95.2 Å². The molecule has 0 amide bonds. The number of anilines is 2. The van der Waals surface area contributed by atoms with Gasteiger partial charge in [-0.1, -0.05) is 6.08 Å². The van der Waals surface area contributed by atoms with E-state index in [1.807, 2.05) is 6.92 Å². The van der Waals surface area contributed by atoms with Crippen molar-refractivity contribution in [1.29, 1.82) is 0 Å². The lowest BCUT2D eigenvalue weighted by molar-refractivity contribution is -0.0121. The summed E-state index contributed by atoms with van der Waals surface area (Å²) >= 11 is 0. The Morgan fingerprint density at radius 3 is 1.53 bits per heavy atom. The second kappa shape index (κ2) is 8.74. The van der Waals surface area contributed by atoms with Crippen molar-refractivity contribution in [1.82, 2.24) is 24.8 Å². The first-order chi connectivity index (χ1) is 15.4. The van der Waals surface area contributed by atoms with Gasteiger partial charge in [0.05, 0.1) is 0 Å². The van der Waals surface area contributed by atoms with Crippen LogP contribution in [0.2, 0.25) is 0 Å². The Balaban J connectivity index is 1.90. The predicted molar refractivity (Wildman–Crippen MR) is 144 cm³/mol. The molecule has 2 aliphatic rings. The summed E-state index contributed by atoms with van der Waals surface area (Å²) in [6.07, 6.45) is 6.26. The van der Waals surface area contributed by atoms with Crippen molar-refractivity contribution in [2.24, 2.45) is 0 Å². The number of nitrogens with zero attached hydrogens (tertiary/aromatic N) is 7. The molecule has 3 rings (SSSR count). The summed E-state index contributed by atoms with van der Waals surface area (Å²) in [6.45, 7) is 22.4. The molecule has 1 aromatic heterocycles. The van der Waals surface area contributed by atoms with Gasteiger partial charge in [0.2, 0.25) is 11.9 Å². The smallest absolute Gasteiger partial charge is 0.230 e. The minimum atomic E-state index is -0.0757. The molecule has 3 heterocycles. The maximum Gasteiger partial charge on any atom is 0.230 e. The van der Waals surface area contributed by atoms with E-state index < -0.39 is 0 Å². The van der Waals surface area contributed by atoms with Crippen LogP contribution in [0.25, 0.3) is 0 Å². The molecule has 7 nitrogen and oxygen atoms in total. The second-order valence-electron chi connectivity index (χ2n) is 12.9. The number of likely N-dealkylation sites (tertiary alicyclic amines) is 2. The van der Waals surface area contributed by atoms with Gasteiger partial charge < -0.3 is 9.80 Å². The lowest BCUT2D eigenvalue weighted by atomic mass is 9.76. The number of likely N-dealkylation sites (N-methyl/N-ethyl adjacent to an activating group) is 1. The molecule has 0 radical (unpaired) electrons. The van der Waals surface area contributed by atoms with Gasteiger partial charge in [-0.25, -0.2) is 0 Å². The van der Waals surface area contributed by atoms with Crippen LogP contribution in [0.3, 0.4) is 0 Å². The summed E-state index contributed by atoms with van der Waals surface area (Å²) < 4.78 is 0. The van der Waals surface area contributed by atoms with Gasteiger partial charge in [0.25, 0.3) is 0 Å². The van der Waals surface area contributed by atoms with Gasteiger partial charge in [-0.2, -0.15) is 15.0 Å². The second-order valence-corrected chi connectivity index (χ2v) is 12.9. The van der Waals surface area contributed by atoms with Crippen LogP contribution in [-0.2, 0) is 0 Å². The highest BCUT2D eigenvalue weighted by atomic mass is 15.4. The van der Waals surface area contributed by atoms with E-state index >= 15 is 0 Å². The van der Waals surface area contributed by atoms with Crippen molar-refractivity contribution < 1.29 is 0 Å². The van der Waals surface area contributed by atoms with Crippen molar-refractivity contribution in [2.45, 2.75) is 115 Å². The number of aryl methyl sites for hydroxylation is 1. The normalized spacial score (nSPS) is 29.6. The predicted octanol–water partition coefficient (Wildman–Crippen LogP) is 4.52. The van der Waals surface area contributed by atoms with Crippen LogP contribution in [-0.4, -0.2) is 87.2 Å². The molecule has 192 valence electrons. The Bertz CT molecular complexity index is 890. The fraction of sp³-hybridized carbons (Fsp3) is 0.815. The van der Waals surface area contributed by atoms with E-state index in [1.165, 1.54) is 0 Å². The molecule has 2 fully saturated rings. The zero-order chi connectivity index (χ0) is 25.9. The average Bonchev–Trinajstić information content (AvgIpc) is 2.73. The maximum atomic E-state index is 5.02. The van der Waals surface area contributed by atoms with Crippen molar-refractivity contribution in [3.05, 3.63) is 18.5 Å².